The maximum Gasteiger partial charge on any atom is 0.140 e. The first-order valence-electron chi connectivity index (χ1n) is 4.27. The molecule has 0 spiro atoms. The van der Waals surface area contributed by atoms with E-state index in [4.69, 9.17) is 10.9 Å². The van der Waals surface area contributed by atoms with Crippen LogP contribution >= 0.6 is 11.8 Å². The summed E-state index contributed by atoms with van der Waals surface area (Å²) in [7, 11) is 2.05. The second kappa shape index (κ2) is 7.03. The van der Waals surface area contributed by atoms with Gasteiger partial charge in [-0.1, -0.05) is 5.16 Å². The molecular formula is C8H19N3OS. The van der Waals surface area contributed by atoms with E-state index in [9.17, 15) is 0 Å². The van der Waals surface area contributed by atoms with E-state index in [0.717, 1.165) is 12.3 Å². The summed E-state index contributed by atoms with van der Waals surface area (Å²) >= 11 is 1.82. The van der Waals surface area contributed by atoms with E-state index in [2.05, 4.69) is 23.2 Å². The predicted molar refractivity (Wildman–Crippen MR) is 58.5 cm³/mol. The van der Waals surface area contributed by atoms with Crippen molar-refractivity contribution in [1.82, 2.24) is 4.90 Å². The molecule has 0 saturated carbocycles. The van der Waals surface area contributed by atoms with E-state index < -0.39 is 0 Å². The number of oxime groups is 1. The molecule has 78 valence electrons. The van der Waals surface area contributed by atoms with Gasteiger partial charge < -0.3 is 15.8 Å². The molecule has 0 saturated heterocycles. The molecule has 0 bridgehead atoms. The average molecular weight is 205 g/mol. The summed E-state index contributed by atoms with van der Waals surface area (Å²) in [5, 5.41) is 11.3. The van der Waals surface area contributed by atoms with Gasteiger partial charge in [0.15, 0.2) is 0 Å². The topological polar surface area (TPSA) is 61.8 Å². The van der Waals surface area contributed by atoms with Crippen molar-refractivity contribution in [3.63, 3.8) is 0 Å². The molecule has 13 heavy (non-hydrogen) atoms. The molecule has 0 radical (unpaired) electrons. The fourth-order valence-corrected chi connectivity index (χ4v) is 1.43. The Morgan fingerprint density at radius 1 is 1.69 bits per heavy atom. The smallest absolute Gasteiger partial charge is 0.140 e. The van der Waals surface area contributed by atoms with Crippen molar-refractivity contribution in [1.29, 1.82) is 0 Å². The number of amidine groups is 1. The first-order chi connectivity index (χ1) is 6.11. The molecule has 1 atom stereocenters. The van der Waals surface area contributed by atoms with Crippen LogP contribution in [-0.4, -0.2) is 47.6 Å². The molecule has 0 aliphatic rings. The molecule has 0 aliphatic heterocycles. The minimum Gasteiger partial charge on any atom is -0.409 e. The van der Waals surface area contributed by atoms with Crippen molar-refractivity contribution in [3.8, 4) is 0 Å². The van der Waals surface area contributed by atoms with E-state index in [0.29, 0.717) is 18.3 Å². The zero-order chi connectivity index (χ0) is 10.3. The van der Waals surface area contributed by atoms with Crippen LogP contribution in [0.5, 0.6) is 0 Å². The molecule has 5 heteroatoms. The third-order valence-corrected chi connectivity index (χ3v) is 2.62. The van der Waals surface area contributed by atoms with Gasteiger partial charge in [-0.25, -0.2) is 0 Å². The molecule has 0 aliphatic carbocycles. The van der Waals surface area contributed by atoms with Gasteiger partial charge >= 0.3 is 0 Å². The number of rotatable bonds is 6. The van der Waals surface area contributed by atoms with Crippen LogP contribution in [0.25, 0.3) is 0 Å². The molecule has 0 heterocycles. The molecule has 0 aromatic rings. The van der Waals surface area contributed by atoms with E-state index in [1.165, 1.54) is 0 Å². The van der Waals surface area contributed by atoms with Gasteiger partial charge in [0.2, 0.25) is 0 Å². The summed E-state index contributed by atoms with van der Waals surface area (Å²) in [5.74, 6) is 1.40. The highest BCUT2D eigenvalue weighted by Gasteiger charge is 2.10. The molecule has 0 aromatic carbocycles. The van der Waals surface area contributed by atoms with Crippen LogP contribution < -0.4 is 5.73 Å². The molecule has 0 fully saturated rings. The van der Waals surface area contributed by atoms with Crippen molar-refractivity contribution < 1.29 is 5.21 Å². The Bertz CT molecular complexity index is 163. The lowest BCUT2D eigenvalue weighted by atomic mass is 10.2. The maximum absolute atomic E-state index is 8.38. The lowest BCUT2D eigenvalue weighted by molar-refractivity contribution is 0.273. The third kappa shape index (κ3) is 5.76. The summed E-state index contributed by atoms with van der Waals surface area (Å²) < 4.78 is 0. The van der Waals surface area contributed by atoms with Gasteiger partial charge in [-0.15, -0.1) is 0 Å². The molecular weight excluding hydrogens is 186 g/mol. The van der Waals surface area contributed by atoms with Crippen LogP contribution in [0.4, 0.5) is 0 Å². The first-order valence-corrected chi connectivity index (χ1v) is 5.66. The van der Waals surface area contributed by atoms with Crippen molar-refractivity contribution in [3.05, 3.63) is 0 Å². The van der Waals surface area contributed by atoms with Crippen molar-refractivity contribution in [2.45, 2.75) is 19.4 Å². The van der Waals surface area contributed by atoms with Gasteiger partial charge in [-0.2, -0.15) is 11.8 Å². The summed E-state index contributed by atoms with van der Waals surface area (Å²) in [6.45, 7) is 3.10. The van der Waals surface area contributed by atoms with E-state index in [-0.39, 0.29) is 0 Å². The standard InChI is InChI=1S/C8H19N3OS/c1-7(6-8(9)10-12)11(2)4-5-13-3/h7,12H,4-6H2,1-3H3,(H2,9,10). The number of hydrogen-bond acceptors (Lipinski definition) is 4. The van der Waals surface area contributed by atoms with Crippen molar-refractivity contribution in [2.75, 3.05) is 25.6 Å². The summed E-state index contributed by atoms with van der Waals surface area (Å²) in [5.41, 5.74) is 5.41. The average Bonchev–Trinajstić information content (AvgIpc) is 2.13. The second-order valence-corrected chi connectivity index (χ2v) is 4.10. The van der Waals surface area contributed by atoms with Crippen molar-refractivity contribution in [2.24, 2.45) is 10.9 Å². The second-order valence-electron chi connectivity index (χ2n) is 3.12. The van der Waals surface area contributed by atoms with E-state index >= 15 is 0 Å². The maximum atomic E-state index is 8.38. The summed E-state index contributed by atoms with van der Waals surface area (Å²) in [6, 6.07) is 0.322. The summed E-state index contributed by atoms with van der Waals surface area (Å²) in [6.07, 6.45) is 2.70. The molecule has 0 amide bonds. The number of nitrogens with two attached hydrogens (primary N) is 1. The molecule has 0 aromatic heterocycles. The van der Waals surface area contributed by atoms with Gasteiger partial charge in [0.05, 0.1) is 0 Å². The normalized spacial score (nSPS) is 14.9. The van der Waals surface area contributed by atoms with Crippen LogP contribution in [0.3, 0.4) is 0 Å². The monoisotopic (exact) mass is 205 g/mol. The Morgan fingerprint density at radius 2 is 2.31 bits per heavy atom. The Morgan fingerprint density at radius 3 is 2.77 bits per heavy atom. The Kier molecular flexibility index (Phi) is 6.80. The van der Waals surface area contributed by atoms with Crippen LogP contribution in [-0.2, 0) is 0 Å². The largest absolute Gasteiger partial charge is 0.409 e. The number of nitrogens with zero attached hydrogens (tertiary/aromatic N) is 2. The highest BCUT2D eigenvalue weighted by molar-refractivity contribution is 7.98. The van der Waals surface area contributed by atoms with Crippen LogP contribution in [0.1, 0.15) is 13.3 Å². The first kappa shape index (κ1) is 12.6. The highest BCUT2D eigenvalue weighted by Crippen LogP contribution is 2.02. The highest BCUT2D eigenvalue weighted by atomic mass is 32.2. The minimum atomic E-state index is 0.295. The molecule has 4 nitrogen and oxygen atoms in total. The van der Waals surface area contributed by atoms with Gasteiger partial charge in [0.25, 0.3) is 0 Å². The zero-order valence-electron chi connectivity index (χ0n) is 8.53. The van der Waals surface area contributed by atoms with Gasteiger partial charge in [-0.3, -0.25) is 0 Å². The lowest BCUT2D eigenvalue weighted by Crippen LogP contribution is -2.34. The van der Waals surface area contributed by atoms with Crippen LogP contribution in [0.2, 0.25) is 0 Å². The van der Waals surface area contributed by atoms with E-state index in [1.807, 2.05) is 18.8 Å². The van der Waals surface area contributed by atoms with Gasteiger partial charge in [-0.05, 0) is 20.2 Å². The minimum absolute atomic E-state index is 0.295. The molecule has 3 N–H and O–H groups in total. The Balaban J connectivity index is 3.74. The number of thioether (sulfide) groups is 1. The Labute approximate surface area is 84.2 Å². The molecule has 0 rings (SSSR count). The predicted octanol–water partition coefficient (Wildman–Crippen LogP) is 0.806. The fourth-order valence-electron chi connectivity index (χ4n) is 0.955. The van der Waals surface area contributed by atoms with Gasteiger partial charge in [0, 0.05) is 24.8 Å². The van der Waals surface area contributed by atoms with E-state index in [1.54, 1.807) is 0 Å². The Hall–Kier alpha value is -0.420. The van der Waals surface area contributed by atoms with Crippen LogP contribution in [0, 0.1) is 0 Å². The molecule has 1 unspecified atom stereocenters. The summed E-state index contributed by atoms with van der Waals surface area (Å²) in [4.78, 5) is 2.20. The lowest BCUT2D eigenvalue weighted by Gasteiger charge is -2.23. The third-order valence-electron chi connectivity index (χ3n) is 2.03. The SMILES string of the molecule is CSCCN(C)C(C)CC(N)=NO. The van der Waals surface area contributed by atoms with Gasteiger partial charge in [0.1, 0.15) is 5.84 Å². The van der Waals surface area contributed by atoms with Crippen LogP contribution in [0.15, 0.2) is 5.16 Å². The van der Waals surface area contributed by atoms with Crippen molar-refractivity contribution >= 4 is 17.6 Å². The fraction of sp³-hybridized carbons (Fsp3) is 0.875. The number of hydrogen-bond donors (Lipinski definition) is 2. The zero-order valence-corrected chi connectivity index (χ0v) is 9.34. The quantitative estimate of drug-likeness (QED) is 0.291.